The molecule has 6 nitrogen and oxygen atoms in total. The van der Waals surface area contributed by atoms with Gasteiger partial charge in [-0.05, 0) is 34.6 Å². The first-order valence-corrected chi connectivity index (χ1v) is 7.55. The Labute approximate surface area is 136 Å². The third-order valence-electron chi connectivity index (χ3n) is 2.58. The summed E-state index contributed by atoms with van der Waals surface area (Å²) in [6, 6.07) is 2.72. The predicted molar refractivity (Wildman–Crippen MR) is 89.3 cm³/mol. The molecule has 1 amide bonds. The molecule has 0 heterocycles. The molecule has 0 radical (unpaired) electrons. The molecule has 130 valence electrons. The Morgan fingerprint density at radius 3 is 2.52 bits per heavy atom. The van der Waals surface area contributed by atoms with Gasteiger partial charge >= 0.3 is 6.09 Å². The second kappa shape index (κ2) is 7.89. The number of carbonyl (C=O) groups is 1. The summed E-state index contributed by atoms with van der Waals surface area (Å²) in [5, 5.41) is 5.65. The van der Waals surface area contributed by atoms with Crippen LogP contribution in [0.4, 0.5) is 20.6 Å². The number of nitrogen functional groups attached to an aromatic ring is 1. The fourth-order valence-electron chi connectivity index (χ4n) is 1.74. The van der Waals surface area contributed by atoms with Gasteiger partial charge in [-0.3, -0.25) is 0 Å². The minimum atomic E-state index is -0.540. The van der Waals surface area contributed by atoms with Crippen LogP contribution in [0.5, 0.6) is 5.75 Å². The summed E-state index contributed by atoms with van der Waals surface area (Å²) in [7, 11) is 0. The van der Waals surface area contributed by atoms with Crippen LogP contribution in [0.1, 0.15) is 34.6 Å². The van der Waals surface area contributed by atoms with Gasteiger partial charge in [0.15, 0.2) is 11.6 Å². The number of hydrogen-bond donors (Lipinski definition) is 3. The number of ether oxygens (including phenoxy) is 2. The first-order valence-electron chi connectivity index (χ1n) is 7.55. The van der Waals surface area contributed by atoms with Crippen LogP contribution in [0.3, 0.4) is 0 Å². The van der Waals surface area contributed by atoms with Gasteiger partial charge in [0.05, 0.1) is 17.5 Å². The van der Waals surface area contributed by atoms with E-state index >= 15 is 0 Å². The summed E-state index contributed by atoms with van der Waals surface area (Å²) in [6.45, 7) is 9.75. The third-order valence-corrected chi connectivity index (χ3v) is 2.58. The average molecular weight is 327 g/mol. The molecular weight excluding hydrogens is 301 g/mol. The van der Waals surface area contributed by atoms with E-state index in [-0.39, 0.29) is 17.5 Å². The average Bonchev–Trinajstić information content (AvgIpc) is 2.36. The number of benzene rings is 1. The summed E-state index contributed by atoms with van der Waals surface area (Å²) >= 11 is 0. The Balaban J connectivity index is 2.53. The lowest BCUT2D eigenvalue weighted by Crippen LogP contribution is -2.35. The lowest BCUT2D eigenvalue weighted by atomic mass is 10.2. The topological polar surface area (TPSA) is 85.6 Å². The monoisotopic (exact) mass is 327 g/mol. The van der Waals surface area contributed by atoms with Crippen molar-refractivity contribution in [3.8, 4) is 5.75 Å². The second-order valence-electron chi connectivity index (χ2n) is 6.39. The van der Waals surface area contributed by atoms with Crippen LogP contribution < -0.4 is 21.1 Å². The summed E-state index contributed by atoms with van der Waals surface area (Å²) < 4.78 is 24.2. The van der Waals surface area contributed by atoms with Crippen molar-refractivity contribution in [3.63, 3.8) is 0 Å². The van der Waals surface area contributed by atoms with Gasteiger partial charge in [0.1, 0.15) is 5.60 Å². The quantitative estimate of drug-likeness (QED) is 0.552. The largest absolute Gasteiger partial charge is 0.488 e. The second-order valence-corrected chi connectivity index (χ2v) is 6.39. The van der Waals surface area contributed by atoms with Crippen molar-refractivity contribution in [3.05, 3.63) is 17.9 Å². The number of halogens is 1. The Kier molecular flexibility index (Phi) is 6.48. The number of nitrogens with two attached hydrogens (primary N) is 1. The molecule has 0 atom stereocenters. The van der Waals surface area contributed by atoms with E-state index in [0.717, 1.165) is 0 Å². The molecule has 0 fully saturated rings. The minimum Gasteiger partial charge on any atom is -0.488 e. The normalized spacial score (nSPS) is 11.3. The maximum absolute atomic E-state index is 13.7. The number of nitrogens with one attached hydrogen (secondary N) is 2. The smallest absolute Gasteiger partial charge is 0.407 e. The highest BCUT2D eigenvalue weighted by molar-refractivity contribution is 5.69. The molecule has 0 aliphatic heterocycles. The molecule has 0 saturated carbocycles. The van der Waals surface area contributed by atoms with E-state index in [2.05, 4.69) is 10.6 Å². The van der Waals surface area contributed by atoms with Gasteiger partial charge in [-0.25, -0.2) is 9.18 Å². The highest BCUT2D eigenvalue weighted by atomic mass is 19.1. The van der Waals surface area contributed by atoms with Crippen molar-refractivity contribution in [1.29, 1.82) is 0 Å². The van der Waals surface area contributed by atoms with E-state index < -0.39 is 17.5 Å². The maximum Gasteiger partial charge on any atom is 0.407 e. The van der Waals surface area contributed by atoms with Gasteiger partial charge in [-0.15, -0.1) is 0 Å². The summed E-state index contributed by atoms with van der Waals surface area (Å²) in [4.78, 5) is 11.5. The van der Waals surface area contributed by atoms with Gasteiger partial charge < -0.3 is 25.8 Å². The standard InChI is InChI=1S/C16H26FN3O3/c1-10(2)22-14-9-13(12(18)8-11(14)17)19-6-7-20-15(21)23-16(3,4)5/h8-10,19H,6-7,18H2,1-5H3,(H,20,21). The van der Waals surface area contributed by atoms with E-state index in [9.17, 15) is 9.18 Å². The number of carbonyl (C=O) groups excluding carboxylic acids is 1. The Morgan fingerprint density at radius 2 is 1.96 bits per heavy atom. The van der Waals surface area contributed by atoms with E-state index in [1.165, 1.54) is 12.1 Å². The number of alkyl carbamates (subject to hydrolysis) is 1. The lowest BCUT2D eigenvalue weighted by Gasteiger charge is -2.20. The van der Waals surface area contributed by atoms with Crippen LogP contribution in [-0.4, -0.2) is 30.9 Å². The van der Waals surface area contributed by atoms with Crippen LogP contribution in [-0.2, 0) is 4.74 Å². The molecule has 0 bridgehead atoms. The first kappa shape index (κ1) is 18.9. The van der Waals surface area contributed by atoms with Crippen molar-refractivity contribution in [1.82, 2.24) is 5.32 Å². The number of hydrogen-bond acceptors (Lipinski definition) is 5. The molecule has 0 aliphatic carbocycles. The molecule has 0 spiro atoms. The van der Waals surface area contributed by atoms with Gasteiger partial charge in [0.25, 0.3) is 0 Å². The van der Waals surface area contributed by atoms with Crippen LogP contribution >= 0.6 is 0 Å². The van der Waals surface area contributed by atoms with E-state index in [4.69, 9.17) is 15.2 Å². The molecule has 4 N–H and O–H groups in total. The molecule has 0 unspecified atom stereocenters. The van der Waals surface area contributed by atoms with Crippen LogP contribution in [0, 0.1) is 5.82 Å². The van der Waals surface area contributed by atoms with E-state index in [1.54, 1.807) is 20.8 Å². The van der Waals surface area contributed by atoms with Crippen LogP contribution in [0.15, 0.2) is 12.1 Å². The zero-order valence-corrected chi connectivity index (χ0v) is 14.3. The van der Waals surface area contributed by atoms with Gasteiger partial charge in [0.2, 0.25) is 0 Å². The highest BCUT2D eigenvalue weighted by Gasteiger charge is 2.15. The van der Waals surface area contributed by atoms with Gasteiger partial charge in [0, 0.05) is 25.2 Å². The Bertz CT molecular complexity index is 542. The first-order chi connectivity index (χ1) is 10.6. The molecule has 0 aromatic heterocycles. The van der Waals surface area contributed by atoms with Crippen LogP contribution in [0.2, 0.25) is 0 Å². The van der Waals surface area contributed by atoms with Gasteiger partial charge in [-0.2, -0.15) is 0 Å². The van der Waals surface area contributed by atoms with Crippen molar-refractivity contribution in [2.45, 2.75) is 46.3 Å². The maximum atomic E-state index is 13.7. The highest BCUT2D eigenvalue weighted by Crippen LogP contribution is 2.28. The minimum absolute atomic E-state index is 0.136. The zero-order chi connectivity index (χ0) is 17.6. The molecule has 1 aromatic rings. The molecule has 23 heavy (non-hydrogen) atoms. The number of rotatable bonds is 6. The van der Waals surface area contributed by atoms with Crippen molar-refractivity contribution < 1.29 is 18.7 Å². The number of amides is 1. The molecular formula is C16H26FN3O3. The van der Waals surface area contributed by atoms with E-state index in [1.807, 2.05) is 13.8 Å². The summed E-state index contributed by atoms with van der Waals surface area (Å²) in [6.07, 6.45) is -0.634. The number of anilines is 2. The summed E-state index contributed by atoms with van der Waals surface area (Å²) in [5.74, 6) is -0.370. The summed E-state index contributed by atoms with van der Waals surface area (Å²) in [5.41, 5.74) is 6.06. The molecule has 0 saturated heterocycles. The predicted octanol–water partition coefficient (Wildman–Crippen LogP) is 3.13. The lowest BCUT2D eigenvalue weighted by molar-refractivity contribution is 0.0530. The zero-order valence-electron chi connectivity index (χ0n) is 14.3. The Hall–Kier alpha value is -2.18. The fraction of sp³-hybridized carbons (Fsp3) is 0.562. The molecule has 1 aromatic carbocycles. The van der Waals surface area contributed by atoms with Crippen molar-refractivity contribution in [2.24, 2.45) is 0 Å². The van der Waals surface area contributed by atoms with Crippen molar-refractivity contribution in [2.75, 3.05) is 24.1 Å². The molecule has 7 heteroatoms. The SMILES string of the molecule is CC(C)Oc1cc(NCCNC(=O)OC(C)(C)C)c(N)cc1F. The fourth-order valence-corrected chi connectivity index (χ4v) is 1.74. The van der Waals surface area contributed by atoms with Gasteiger partial charge in [-0.1, -0.05) is 0 Å². The molecule has 1 rings (SSSR count). The molecule has 0 aliphatic rings. The van der Waals surface area contributed by atoms with Crippen molar-refractivity contribution >= 4 is 17.5 Å². The Morgan fingerprint density at radius 1 is 1.30 bits per heavy atom. The van der Waals surface area contributed by atoms with Crippen LogP contribution in [0.25, 0.3) is 0 Å². The van der Waals surface area contributed by atoms with E-state index in [0.29, 0.717) is 18.8 Å². The third kappa shape index (κ3) is 7.08.